The van der Waals surface area contributed by atoms with Gasteiger partial charge in [0.05, 0.1) is 35.0 Å². The van der Waals surface area contributed by atoms with Crippen LogP contribution in [0.15, 0.2) is 91.6 Å². The second-order valence-corrected chi connectivity index (χ2v) is 17.0. The molecule has 0 radical (unpaired) electrons. The maximum absolute atomic E-state index is 14.0. The fourth-order valence-electron chi connectivity index (χ4n) is 9.01. The van der Waals surface area contributed by atoms with E-state index < -0.39 is 12.1 Å². The van der Waals surface area contributed by atoms with Crippen LogP contribution in [0.4, 0.5) is 11.9 Å². The normalized spacial score (nSPS) is 17.8. The number of rotatable bonds is 12. The Morgan fingerprint density at radius 3 is 1.87 bits per heavy atom. The number of carbonyl (C=O) groups is 2. The molecule has 4 aromatic heterocycles. The van der Waals surface area contributed by atoms with Gasteiger partial charge in [-0.05, 0) is 102 Å². The van der Waals surface area contributed by atoms with Crippen molar-refractivity contribution in [3.63, 3.8) is 0 Å². The molecule has 2 amide bonds. The summed E-state index contributed by atoms with van der Waals surface area (Å²) in [4.78, 5) is 66.0. The number of fused-ring (bicyclic) bond motifs is 2. The number of aromatic nitrogens is 8. The number of benzene rings is 3. The summed E-state index contributed by atoms with van der Waals surface area (Å²) in [5.41, 5.74) is 7.16. The third kappa shape index (κ3) is 7.89. The molecule has 312 valence electrons. The molecule has 6 heterocycles. The van der Waals surface area contributed by atoms with E-state index in [1.165, 1.54) is 0 Å². The molecule has 2 aliphatic heterocycles. The molecule has 61 heavy (non-hydrogen) atoms. The maximum atomic E-state index is 14.0. The van der Waals surface area contributed by atoms with E-state index in [1.807, 2.05) is 43.7 Å². The topological polar surface area (TPSA) is 174 Å². The highest BCUT2D eigenvalue weighted by Crippen LogP contribution is 2.37. The van der Waals surface area contributed by atoms with Crippen LogP contribution in [0.1, 0.15) is 82.7 Å². The van der Waals surface area contributed by atoms with Crippen molar-refractivity contribution in [3.05, 3.63) is 109 Å². The van der Waals surface area contributed by atoms with Crippen molar-refractivity contribution >= 4 is 45.5 Å². The molecule has 9 rings (SSSR count). The number of hydrogen-bond donors (Lipinski definition) is 4. The van der Waals surface area contributed by atoms with Crippen LogP contribution >= 0.6 is 0 Å². The van der Waals surface area contributed by atoms with Crippen molar-refractivity contribution in [2.45, 2.75) is 84.5 Å². The Morgan fingerprint density at radius 2 is 1.26 bits per heavy atom. The van der Waals surface area contributed by atoms with Gasteiger partial charge in [-0.25, -0.2) is 29.9 Å². The smallest absolute Gasteiger partial charge is 0.246 e. The van der Waals surface area contributed by atoms with E-state index in [-0.39, 0.29) is 35.7 Å². The van der Waals surface area contributed by atoms with Crippen molar-refractivity contribution in [2.24, 2.45) is 11.8 Å². The van der Waals surface area contributed by atoms with Crippen molar-refractivity contribution in [1.29, 1.82) is 0 Å². The molecule has 2 fully saturated rings. The van der Waals surface area contributed by atoms with Crippen molar-refractivity contribution in [2.75, 3.05) is 23.7 Å². The molecule has 4 N–H and O–H groups in total. The number of imidazole rings is 2. The number of aromatic amines is 2. The Morgan fingerprint density at radius 1 is 0.689 bits per heavy atom. The van der Waals surface area contributed by atoms with E-state index in [9.17, 15) is 9.59 Å². The number of anilines is 2. The van der Waals surface area contributed by atoms with Gasteiger partial charge < -0.3 is 30.4 Å². The molecule has 4 unspecified atom stereocenters. The summed E-state index contributed by atoms with van der Waals surface area (Å²) in [6.45, 7) is 11.6. The number of nitrogens with one attached hydrogen (secondary N) is 4. The zero-order valence-electron chi connectivity index (χ0n) is 35.3. The predicted molar refractivity (Wildman–Crippen MR) is 237 cm³/mol. The van der Waals surface area contributed by atoms with Crippen LogP contribution in [-0.4, -0.2) is 86.7 Å². The summed E-state index contributed by atoms with van der Waals surface area (Å²) >= 11 is 0. The SMILES string of the molecule is Cc1c(-c2cnc(C3CCCN3C(=O)C(Nc3ncccn3)C(C)C)[nH]2)ccc2cc(-c3ccc4nc(C5CCCN5C(=O)C(Nc5ncccn5)C(C)C)[nH]c4c3)ccc12. The number of carbonyl (C=O) groups excluding carboxylic acids is 2. The monoisotopic (exact) mass is 816 g/mol. The van der Waals surface area contributed by atoms with Crippen molar-refractivity contribution in [1.82, 2.24) is 49.7 Å². The van der Waals surface area contributed by atoms with E-state index in [0.29, 0.717) is 25.0 Å². The molecular weight excluding hydrogens is 765 g/mol. The molecule has 7 aromatic rings. The van der Waals surface area contributed by atoms with Gasteiger partial charge in [0, 0.05) is 43.4 Å². The van der Waals surface area contributed by atoms with Gasteiger partial charge in [-0.3, -0.25) is 9.59 Å². The molecule has 2 aliphatic rings. The van der Waals surface area contributed by atoms with E-state index in [0.717, 1.165) is 87.1 Å². The lowest BCUT2D eigenvalue weighted by Gasteiger charge is -2.30. The third-order valence-corrected chi connectivity index (χ3v) is 12.3. The first-order valence-corrected chi connectivity index (χ1v) is 21.4. The standard InChI is InChI=1S/C47H52N12O2/c1-27(2)40(56-46-48-18-8-19-49-46)44(60)58-22-6-10-38(58)42-52-26-37(55-42)34-16-13-32-24-30(12-15-33(32)29(34)5)31-14-17-35-36(25-31)54-43(53-35)39-11-7-23-59(39)45(61)41(28(3)4)57-47-50-20-9-21-51-47/h8-9,12-21,24-28,38-41H,6-7,10-11,22-23H2,1-5H3,(H,52,55)(H,53,54)(H,48,49,56)(H,50,51,57). The molecule has 3 aromatic carbocycles. The minimum atomic E-state index is -0.453. The fraction of sp³-hybridized carbons (Fsp3) is 0.362. The van der Waals surface area contributed by atoms with Crippen LogP contribution in [0.2, 0.25) is 0 Å². The minimum Gasteiger partial charge on any atom is -0.342 e. The first kappa shape index (κ1) is 39.7. The van der Waals surface area contributed by atoms with Crippen LogP contribution < -0.4 is 10.6 Å². The molecule has 4 atom stereocenters. The zero-order valence-corrected chi connectivity index (χ0v) is 35.3. The fourth-order valence-corrected chi connectivity index (χ4v) is 9.01. The van der Waals surface area contributed by atoms with E-state index in [2.05, 4.69) is 96.0 Å². The first-order valence-electron chi connectivity index (χ1n) is 21.4. The Kier molecular flexibility index (Phi) is 10.9. The largest absolute Gasteiger partial charge is 0.342 e. The summed E-state index contributed by atoms with van der Waals surface area (Å²) in [5.74, 6) is 2.65. The molecule has 0 spiro atoms. The zero-order chi connectivity index (χ0) is 42.2. The predicted octanol–water partition coefficient (Wildman–Crippen LogP) is 8.26. The molecule has 14 heteroatoms. The van der Waals surface area contributed by atoms with Gasteiger partial charge in [0.2, 0.25) is 23.7 Å². The van der Waals surface area contributed by atoms with Crippen LogP contribution in [0.3, 0.4) is 0 Å². The number of hydrogen-bond acceptors (Lipinski definition) is 10. The van der Waals surface area contributed by atoms with Crippen LogP contribution in [-0.2, 0) is 9.59 Å². The summed E-state index contributed by atoms with van der Waals surface area (Å²) in [6.07, 6.45) is 12.1. The second-order valence-electron chi connectivity index (χ2n) is 17.0. The van der Waals surface area contributed by atoms with E-state index in [4.69, 9.17) is 9.97 Å². The molecule has 0 aliphatic carbocycles. The van der Waals surface area contributed by atoms with Gasteiger partial charge in [-0.1, -0.05) is 58.0 Å². The molecule has 14 nitrogen and oxygen atoms in total. The van der Waals surface area contributed by atoms with Gasteiger partial charge >= 0.3 is 0 Å². The number of H-pyrrole nitrogens is 2. The van der Waals surface area contributed by atoms with Crippen LogP contribution in [0.25, 0.3) is 44.2 Å². The van der Waals surface area contributed by atoms with Crippen LogP contribution in [0.5, 0.6) is 0 Å². The average Bonchev–Trinajstić information content (AvgIpc) is 4.11. The van der Waals surface area contributed by atoms with Gasteiger partial charge in [-0.2, -0.15) is 0 Å². The van der Waals surface area contributed by atoms with E-state index in [1.54, 1.807) is 36.9 Å². The Balaban J connectivity index is 0.918. The Hall–Kier alpha value is -6.70. The molecule has 2 saturated heterocycles. The van der Waals surface area contributed by atoms with Gasteiger partial charge in [-0.15, -0.1) is 0 Å². The van der Waals surface area contributed by atoms with Crippen molar-refractivity contribution < 1.29 is 9.59 Å². The van der Waals surface area contributed by atoms with Gasteiger partial charge in [0.1, 0.15) is 23.7 Å². The Bertz CT molecular complexity index is 2680. The minimum absolute atomic E-state index is 0.0311. The highest BCUT2D eigenvalue weighted by Gasteiger charge is 2.38. The van der Waals surface area contributed by atoms with Crippen LogP contribution in [0, 0.1) is 18.8 Å². The number of amides is 2. The summed E-state index contributed by atoms with van der Waals surface area (Å²) in [6, 6.07) is 19.6. The van der Waals surface area contributed by atoms with E-state index >= 15 is 0 Å². The summed E-state index contributed by atoms with van der Waals surface area (Å²) in [7, 11) is 0. The molecule has 0 saturated carbocycles. The highest BCUT2D eigenvalue weighted by molar-refractivity contribution is 5.95. The number of nitrogens with zero attached hydrogens (tertiary/aromatic N) is 8. The second kappa shape index (κ2) is 16.7. The van der Waals surface area contributed by atoms with Crippen molar-refractivity contribution in [3.8, 4) is 22.4 Å². The summed E-state index contributed by atoms with van der Waals surface area (Å²) in [5, 5.41) is 8.84. The lowest BCUT2D eigenvalue weighted by Crippen LogP contribution is -2.45. The average molecular weight is 817 g/mol. The first-order chi connectivity index (χ1) is 29.6. The lowest BCUT2D eigenvalue weighted by molar-refractivity contribution is -0.134. The highest BCUT2D eigenvalue weighted by atomic mass is 16.2. The molecular formula is C47H52N12O2. The third-order valence-electron chi connectivity index (χ3n) is 12.3. The maximum Gasteiger partial charge on any atom is 0.246 e. The van der Waals surface area contributed by atoms with Gasteiger partial charge in [0.15, 0.2) is 0 Å². The Labute approximate surface area is 355 Å². The summed E-state index contributed by atoms with van der Waals surface area (Å²) < 4.78 is 0. The lowest BCUT2D eigenvalue weighted by atomic mass is 9.95. The van der Waals surface area contributed by atoms with Gasteiger partial charge in [0.25, 0.3) is 0 Å². The number of likely N-dealkylation sites (tertiary alicyclic amines) is 2. The number of aryl methyl sites for hydroxylation is 1. The quantitative estimate of drug-likeness (QED) is 0.0940. The molecule has 0 bridgehead atoms.